The zero-order valence-electron chi connectivity index (χ0n) is 15.9. The van der Waals surface area contributed by atoms with Crippen LogP contribution >= 0.6 is 23.1 Å². The van der Waals surface area contributed by atoms with Crippen LogP contribution in [0.15, 0.2) is 58.2 Å². The van der Waals surface area contributed by atoms with Crippen molar-refractivity contribution < 1.29 is 13.9 Å². The summed E-state index contributed by atoms with van der Waals surface area (Å²) in [5, 5.41) is 10.3. The minimum atomic E-state index is -0.402. The molecule has 3 heterocycles. The Hall–Kier alpha value is -2.65. The summed E-state index contributed by atoms with van der Waals surface area (Å²) in [4.78, 5) is 18.2. The molecule has 1 aliphatic rings. The van der Waals surface area contributed by atoms with Crippen LogP contribution in [0.3, 0.4) is 0 Å². The topological polar surface area (TPSA) is 69.0 Å². The molecule has 0 amide bonds. The zero-order chi connectivity index (χ0) is 20.4. The van der Waals surface area contributed by atoms with E-state index in [1.54, 1.807) is 29.0 Å². The van der Waals surface area contributed by atoms with E-state index in [0.717, 1.165) is 10.4 Å². The predicted molar refractivity (Wildman–Crippen MR) is 111 cm³/mol. The summed E-state index contributed by atoms with van der Waals surface area (Å²) >= 11 is 2.96. The molecule has 0 aliphatic carbocycles. The lowest BCUT2D eigenvalue weighted by molar-refractivity contribution is -0.139. The molecule has 0 radical (unpaired) electrons. The number of nitrogens with zero attached hydrogens (tertiary/aromatic N) is 3. The lowest BCUT2D eigenvalue weighted by Crippen LogP contribution is -2.29. The summed E-state index contributed by atoms with van der Waals surface area (Å²) in [7, 11) is 0. The van der Waals surface area contributed by atoms with Gasteiger partial charge in [0.15, 0.2) is 0 Å². The van der Waals surface area contributed by atoms with E-state index in [4.69, 9.17) is 4.74 Å². The van der Waals surface area contributed by atoms with E-state index in [-0.39, 0.29) is 11.8 Å². The summed E-state index contributed by atoms with van der Waals surface area (Å²) in [5.41, 5.74) is 2.07. The molecule has 4 rings (SSSR count). The minimum absolute atomic E-state index is 0.265. The monoisotopic (exact) mass is 430 g/mol. The fourth-order valence-corrected chi connectivity index (χ4v) is 4.74. The molecule has 1 atom stereocenters. The lowest BCUT2D eigenvalue weighted by atomic mass is 10.0. The van der Waals surface area contributed by atoms with Crippen molar-refractivity contribution in [3.8, 4) is 0 Å². The smallest absolute Gasteiger partial charge is 0.338 e. The third-order valence-electron chi connectivity index (χ3n) is 4.40. The van der Waals surface area contributed by atoms with E-state index in [1.165, 1.54) is 23.9 Å². The molecule has 0 saturated carbocycles. The average Bonchev–Trinajstić information content (AvgIpc) is 3.35. The lowest BCUT2D eigenvalue weighted by Gasteiger charge is -2.26. The van der Waals surface area contributed by atoms with Gasteiger partial charge in [-0.1, -0.05) is 30.0 Å². The van der Waals surface area contributed by atoms with E-state index >= 15 is 0 Å². The standard InChI is InChI=1S/C20H19FN4O2S2/c1-3-27-18(26)16-12(2)22-19-23-20(29-11-13-6-4-7-14(21)10-13)24-25(19)17(16)15-8-5-9-28-15/h4-10,17H,3,11H2,1-2H3,(H,22,23,24). The van der Waals surface area contributed by atoms with Crippen LogP contribution in [0.1, 0.15) is 30.3 Å². The second-order valence-electron chi connectivity index (χ2n) is 6.38. The van der Waals surface area contributed by atoms with Gasteiger partial charge < -0.3 is 10.1 Å². The molecule has 9 heteroatoms. The van der Waals surface area contributed by atoms with Gasteiger partial charge in [-0.25, -0.2) is 13.9 Å². The van der Waals surface area contributed by atoms with Crippen LogP contribution in [0.4, 0.5) is 10.3 Å². The molecule has 1 unspecified atom stereocenters. The molecule has 2 aromatic heterocycles. The molecule has 0 saturated heterocycles. The van der Waals surface area contributed by atoms with Crippen LogP contribution in [0.5, 0.6) is 0 Å². The maximum atomic E-state index is 13.4. The molecule has 1 aromatic carbocycles. The van der Waals surface area contributed by atoms with Crippen LogP contribution in [0.25, 0.3) is 0 Å². The summed E-state index contributed by atoms with van der Waals surface area (Å²) < 4.78 is 20.4. The molecule has 0 spiro atoms. The summed E-state index contributed by atoms with van der Waals surface area (Å²) in [6, 6.07) is 9.98. The Kier molecular flexibility index (Phi) is 5.68. The van der Waals surface area contributed by atoms with Crippen molar-refractivity contribution >= 4 is 35.0 Å². The number of allylic oxidation sites excluding steroid dienone is 1. The summed E-state index contributed by atoms with van der Waals surface area (Å²) in [5.74, 6) is 0.474. The van der Waals surface area contributed by atoms with E-state index in [1.807, 2.05) is 30.5 Å². The number of rotatable bonds is 6. The van der Waals surface area contributed by atoms with Gasteiger partial charge >= 0.3 is 5.97 Å². The van der Waals surface area contributed by atoms with Crippen LogP contribution in [0, 0.1) is 5.82 Å². The molecular formula is C20H19FN4O2S2. The van der Waals surface area contributed by atoms with Gasteiger partial charge in [-0.2, -0.15) is 4.98 Å². The Morgan fingerprint density at radius 3 is 2.97 bits per heavy atom. The number of benzene rings is 1. The molecular weight excluding hydrogens is 411 g/mol. The highest BCUT2D eigenvalue weighted by Gasteiger charge is 2.35. The van der Waals surface area contributed by atoms with Gasteiger partial charge in [0.25, 0.3) is 0 Å². The van der Waals surface area contributed by atoms with Crippen molar-refractivity contribution in [3.63, 3.8) is 0 Å². The highest BCUT2D eigenvalue weighted by atomic mass is 32.2. The number of aromatic nitrogens is 3. The highest BCUT2D eigenvalue weighted by Crippen LogP contribution is 2.38. The maximum absolute atomic E-state index is 13.4. The van der Waals surface area contributed by atoms with Crippen molar-refractivity contribution in [2.24, 2.45) is 0 Å². The van der Waals surface area contributed by atoms with Crippen molar-refractivity contribution in [2.75, 3.05) is 11.9 Å². The number of thioether (sulfide) groups is 1. The molecule has 0 bridgehead atoms. The first-order chi connectivity index (χ1) is 14.1. The Balaban J connectivity index is 1.65. The molecule has 3 aromatic rings. The number of fused-ring (bicyclic) bond motifs is 1. The molecule has 1 aliphatic heterocycles. The number of esters is 1. The molecule has 6 nitrogen and oxygen atoms in total. The third kappa shape index (κ3) is 4.06. The summed E-state index contributed by atoms with van der Waals surface area (Å²) in [6.07, 6.45) is 0. The number of hydrogen-bond donors (Lipinski definition) is 1. The molecule has 29 heavy (non-hydrogen) atoms. The van der Waals surface area contributed by atoms with Crippen molar-refractivity contribution in [1.82, 2.24) is 14.8 Å². The van der Waals surface area contributed by atoms with E-state index < -0.39 is 6.04 Å². The highest BCUT2D eigenvalue weighted by molar-refractivity contribution is 7.98. The second kappa shape index (κ2) is 8.38. The molecule has 1 N–H and O–H groups in total. The first kappa shape index (κ1) is 19.7. The van der Waals surface area contributed by atoms with E-state index in [2.05, 4.69) is 15.4 Å². The Labute approximate surface area is 175 Å². The quantitative estimate of drug-likeness (QED) is 0.455. The van der Waals surface area contributed by atoms with Crippen LogP contribution in [-0.2, 0) is 15.3 Å². The average molecular weight is 431 g/mol. The largest absolute Gasteiger partial charge is 0.463 e. The van der Waals surface area contributed by atoms with Crippen LogP contribution < -0.4 is 5.32 Å². The van der Waals surface area contributed by atoms with Gasteiger partial charge in [0.2, 0.25) is 11.1 Å². The number of carbonyl (C=O) groups excluding carboxylic acids is 1. The van der Waals surface area contributed by atoms with Crippen LogP contribution in [0.2, 0.25) is 0 Å². The SMILES string of the molecule is CCOC(=O)C1=C(C)Nc2nc(SCc3cccc(F)c3)nn2C1c1cccs1. The Morgan fingerprint density at radius 2 is 2.24 bits per heavy atom. The van der Waals surface area contributed by atoms with Gasteiger partial charge in [-0.05, 0) is 43.0 Å². The van der Waals surface area contributed by atoms with Crippen molar-refractivity contribution in [1.29, 1.82) is 0 Å². The molecule has 0 fully saturated rings. The number of halogens is 1. The number of nitrogens with one attached hydrogen (secondary N) is 1. The first-order valence-electron chi connectivity index (χ1n) is 9.09. The number of anilines is 1. The van der Waals surface area contributed by atoms with Crippen molar-refractivity contribution in [3.05, 3.63) is 69.3 Å². The predicted octanol–water partition coefficient (Wildman–Crippen LogP) is 4.62. The van der Waals surface area contributed by atoms with Crippen molar-refractivity contribution in [2.45, 2.75) is 30.8 Å². The Bertz CT molecular complexity index is 1060. The molecule has 150 valence electrons. The van der Waals surface area contributed by atoms with Gasteiger partial charge in [0, 0.05) is 16.3 Å². The zero-order valence-corrected chi connectivity index (χ0v) is 17.5. The maximum Gasteiger partial charge on any atom is 0.338 e. The minimum Gasteiger partial charge on any atom is -0.463 e. The van der Waals surface area contributed by atoms with Crippen LogP contribution in [-0.4, -0.2) is 27.3 Å². The second-order valence-corrected chi connectivity index (χ2v) is 8.31. The van der Waals surface area contributed by atoms with Gasteiger partial charge in [-0.3, -0.25) is 0 Å². The van der Waals surface area contributed by atoms with E-state index in [9.17, 15) is 9.18 Å². The number of carbonyl (C=O) groups is 1. The van der Waals surface area contributed by atoms with Gasteiger partial charge in [0.1, 0.15) is 11.9 Å². The number of thiophene rings is 1. The number of hydrogen-bond acceptors (Lipinski definition) is 7. The van der Waals surface area contributed by atoms with E-state index in [0.29, 0.717) is 34.7 Å². The summed E-state index contributed by atoms with van der Waals surface area (Å²) in [6.45, 7) is 3.92. The Morgan fingerprint density at radius 1 is 1.38 bits per heavy atom. The fraction of sp³-hybridized carbons (Fsp3) is 0.250. The van der Waals surface area contributed by atoms with Gasteiger partial charge in [-0.15, -0.1) is 16.4 Å². The first-order valence-corrected chi connectivity index (χ1v) is 11.0. The fourth-order valence-electron chi connectivity index (χ4n) is 3.15. The normalized spacial score (nSPS) is 15.8. The number of ether oxygens (including phenoxy) is 1. The third-order valence-corrected chi connectivity index (χ3v) is 6.23. The van der Waals surface area contributed by atoms with Gasteiger partial charge in [0.05, 0.1) is 12.2 Å².